The van der Waals surface area contributed by atoms with Gasteiger partial charge in [0.05, 0.1) is 0 Å². The van der Waals surface area contributed by atoms with Crippen LogP contribution in [0.4, 0.5) is 0 Å². The van der Waals surface area contributed by atoms with Crippen molar-refractivity contribution in [3.63, 3.8) is 0 Å². The van der Waals surface area contributed by atoms with E-state index in [-0.39, 0.29) is 0 Å². The summed E-state index contributed by atoms with van der Waals surface area (Å²) in [4.78, 5) is 0. The standard InChI is InChI=1S/C6H6O.3C3H5.Sn/c7-6-4-2-1-3-5-6;3*1-3-2;/h1-5,7H;3*3H,1-2H2;/q;;;;+1/p-1. The van der Waals surface area contributed by atoms with Crippen LogP contribution in [0.25, 0.3) is 0 Å². The molecule has 1 aromatic rings. The Balaban J connectivity index is 2.90. The second-order valence-corrected chi connectivity index (χ2v) is 14.9. The van der Waals surface area contributed by atoms with E-state index >= 15 is 0 Å². The van der Waals surface area contributed by atoms with Gasteiger partial charge in [0.2, 0.25) is 0 Å². The van der Waals surface area contributed by atoms with Crippen molar-refractivity contribution in [2.24, 2.45) is 0 Å². The molecule has 17 heavy (non-hydrogen) atoms. The fourth-order valence-corrected chi connectivity index (χ4v) is 10.4. The van der Waals surface area contributed by atoms with Gasteiger partial charge >= 0.3 is 109 Å². The fourth-order valence-electron chi connectivity index (χ4n) is 1.90. The first kappa shape index (κ1) is 14.1. The van der Waals surface area contributed by atoms with Crippen molar-refractivity contribution in [3.8, 4) is 5.75 Å². The minimum absolute atomic E-state index is 0.967. The molecular weight excluding hydrogens is 315 g/mol. The maximum atomic E-state index is 6.32. The molecule has 0 aliphatic heterocycles. The number of hydrogen-bond donors (Lipinski definition) is 0. The van der Waals surface area contributed by atoms with Gasteiger partial charge in [-0.2, -0.15) is 0 Å². The molecule has 0 spiro atoms. The van der Waals surface area contributed by atoms with E-state index in [1.807, 2.05) is 48.6 Å². The van der Waals surface area contributed by atoms with Gasteiger partial charge in [0.1, 0.15) is 0 Å². The molecule has 0 saturated heterocycles. The fraction of sp³-hybridized carbons (Fsp3) is 0.200. The number of rotatable bonds is 8. The second-order valence-electron chi connectivity index (χ2n) is 4.08. The zero-order chi connectivity index (χ0) is 12.6. The first-order valence-corrected chi connectivity index (χ1v) is 13.0. The van der Waals surface area contributed by atoms with Crippen LogP contribution >= 0.6 is 0 Å². The quantitative estimate of drug-likeness (QED) is 0.500. The first-order valence-electron chi connectivity index (χ1n) is 5.83. The van der Waals surface area contributed by atoms with E-state index in [0.29, 0.717) is 0 Å². The van der Waals surface area contributed by atoms with Crippen LogP contribution in [0.2, 0.25) is 13.3 Å². The molecule has 0 fully saturated rings. The third-order valence-electron chi connectivity index (χ3n) is 2.63. The van der Waals surface area contributed by atoms with Crippen molar-refractivity contribution in [2.75, 3.05) is 0 Å². The van der Waals surface area contributed by atoms with Crippen molar-refractivity contribution in [3.05, 3.63) is 68.3 Å². The van der Waals surface area contributed by atoms with E-state index in [0.717, 1.165) is 19.1 Å². The Hall–Kier alpha value is -0.961. The molecular formula is C15H20OSn. The van der Waals surface area contributed by atoms with Crippen LogP contribution in [0.15, 0.2) is 68.3 Å². The maximum absolute atomic E-state index is 6.32. The van der Waals surface area contributed by atoms with Crippen molar-refractivity contribution in [1.82, 2.24) is 0 Å². The summed E-state index contributed by atoms with van der Waals surface area (Å²) >= 11 is -2.71. The average molecular weight is 335 g/mol. The summed E-state index contributed by atoms with van der Waals surface area (Å²) in [5.41, 5.74) is 0. The zero-order valence-corrected chi connectivity index (χ0v) is 13.1. The van der Waals surface area contributed by atoms with Gasteiger partial charge < -0.3 is 0 Å². The van der Waals surface area contributed by atoms with Gasteiger partial charge in [-0.3, -0.25) is 0 Å². The van der Waals surface area contributed by atoms with Crippen LogP contribution in [-0.4, -0.2) is 18.8 Å². The minimum atomic E-state index is -2.71. The van der Waals surface area contributed by atoms with Crippen LogP contribution in [0.1, 0.15) is 0 Å². The summed E-state index contributed by atoms with van der Waals surface area (Å²) in [7, 11) is 0. The Bertz CT molecular complexity index is 343. The van der Waals surface area contributed by atoms with E-state index in [9.17, 15) is 0 Å². The summed E-state index contributed by atoms with van der Waals surface area (Å²) in [5, 5.41) is 0. The van der Waals surface area contributed by atoms with E-state index in [4.69, 9.17) is 3.07 Å². The van der Waals surface area contributed by atoms with Gasteiger partial charge in [-0.25, -0.2) is 0 Å². The molecule has 0 N–H and O–H groups in total. The predicted octanol–water partition coefficient (Wildman–Crippen LogP) is 4.57. The summed E-state index contributed by atoms with van der Waals surface area (Å²) < 4.78 is 9.28. The molecule has 2 heteroatoms. The molecule has 1 nitrogen and oxygen atoms in total. The zero-order valence-electron chi connectivity index (χ0n) is 10.3. The van der Waals surface area contributed by atoms with Crippen LogP contribution < -0.4 is 3.07 Å². The monoisotopic (exact) mass is 336 g/mol. The number of hydrogen-bond acceptors (Lipinski definition) is 1. The molecule has 0 aliphatic rings. The normalized spacial score (nSPS) is 10.6. The Labute approximate surface area is 109 Å². The van der Waals surface area contributed by atoms with Crippen LogP contribution in [-0.2, 0) is 0 Å². The van der Waals surface area contributed by atoms with Crippen LogP contribution in [0.3, 0.4) is 0 Å². The number of benzene rings is 1. The van der Waals surface area contributed by atoms with Crippen LogP contribution in [0.5, 0.6) is 5.75 Å². The van der Waals surface area contributed by atoms with Crippen molar-refractivity contribution in [1.29, 1.82) is 0 Å². The molecule has 0 radical (unpaired) electrons. The topological polar surface area (TPSA) is 9.23 Å². The van der Waals surface area contributed by atoms with Crippen LogP contribution in [0, 0.1) is 0 Å². The van der Waals surface area contributed by atoms with Gasteiger partial charge in [-0.05, 0) is 0 Å². The molecule has 0 aromatic heterocycles. The van der Waals surface area contributed by atoms with E-state index in [2.05, 4.69) is 19.7 Å². The Morgan fingerprint density at radius 3 is 1.76 bits per heavy atom. The molecule has 0 aliphatic carbocycles. The SMILES string of the molecule is C=C[CH2][Sn]([CH2]C=C)([CH2]C=C)[O]c1ccccc1. The molecule has 1 aromatic carbocycles. The predicted molar refractivity (Wildman–Crippen MR) is 77.8 cm³/mol. The summed E-state index contributed by atoms with van der Waals surface area (Å²) in [5.74, 6) is 0.967. The average Bonchev–Trinajstić information content (AvgIpc) is 2.31. The van der Waals surface area contributed by atoms with Gasteiger partial charge in [-0.15, -0.1) is 0 Å². The number of para-hydroxylation sites is 1. The molecule has 0 saturated carbocycles. The third-order valence-corrected chi connectivity index (χ3v) is 13.4. The summed E-state index contributed by atoms with van der Waals surface area (Å²) in [6, 6.07) is 10.0. The van der Waals surface area contributed by atoms with Crippen molar-refractivity contribution >= 4 is 18.8 Å². The van der Waals surface area contributed by atoms with Gasteiger partial charge in [0.15, 0.2) is 0 Å². The van der Waals surface area contributed by atoms with Crippen molar-refractivity contribution < 1.29 is 3.07 Å². The first-order chi connectivity index (χ1) is 8.26. The molecule has 0 amide bonds. The third kappa shape index (κ3) is 4.42. The van der Waals surface area contributed by atoms with E-state index in [1.165, 1.54) is 0 Å². The van der Waals surface area contributed by atoms with Gasteiger partial charge in [-0.1, -0.05) is 0 Å². The molecule has 0 bridgehead atoms. The Kier molecular flexibility index (Phi) is 6.12. The molecule has 90 valence electrons. The van der Waals surface area contributed by atoms with Crippen molar-refractivity contribution in [2.45, 2.75) is 13.3 Å². The summed E-state index contributed by atoms with van der Waals surface area (Å²) in [6.07, 6.45) is 5.93. The number of allylic oxidation sites excluding steroid dienone is 3. The second kappa shape index (κ2) is 7.38. The van der Waals surface area contributed by atoms with Gasteiger partial charge in [0, 0.05) is 0 Å². The Morgan fingerprint density at radius 2 is 1.35 bits per heavy atom. The molecule has 0 unspecified atom stereocenters. The van der Waals surface area contributed by atoms with E-state index in [1.54, 1.807) is 0 Å². The Morgan fingerprint density at radius 1 is 0.882 bits per heavy atom. The molecule has 0 atom stereocenters. The molecule has 1 rings (SSSR count). The van der Waals surface area contributed by atoms with E-state index < -0.39 is 18.8 Å². The van der Waals surface area contributed by atoms with Gasteiger partial charge in [0.25, 0.3) is 0 Å². The summed E-state index contributed by atoms with van der Waals surface area (Å²) in [6.45, 7) is 11.6. The molecule has 0 heterocycles.